The Kier molecular flexibility index (Phi) is 4.16. The first-order chi connectivity index (χ1) is 8.78. The van der Waals surface area contributed by atoms with E-state index in [1.807, 2.05) is 0 Å². The van der Waals surface area contributed by atoms with E-state index in [0.29, 0.717) is 0 Å². The molecule has 19 heavy (non-hydrogen) atoms. The van der Waals surface area contributed by atoms with E-state index in [4.69, 9.17) is 4.84 Å². The van der Waals surface area contributed by atoms with Crippen LogP contribution in [0.2, 0.25) is 0 Å². The first-order valence-electron chi connectivity index (χ1n) is 5.46. The van der Waals surface area contributed by atoms with Crippen LogP contribution >= 0.6 is 0 Å². The molecule has 1 heterocycles. The Morgan fingerprint density at radius 2 is 1.42 bits per heavy atom. The van der Waals surface area contributed by atoms with Gasteiger partial charge in [-0.25, -0.2) is 14.4 Å². The number of ether oxygens (including phenoxy) is 3. The minimum Gasteiger partial charge on any atom is -0.467 e. The van der Waals surface area contributed by atoms with Crippen molar-refractivity contribution in [2.45, 2.75) is 24.5 Å². The lowest BCUT2D eigenvalue weighted by Crippen LogP contribution is -2.56. The maximum Gasteiger partial charge on any atom is 0.340 e. The Balaban J connectivity index is 3.24. The highest BCUT2D eigenvalue weighted by molar-refractivity contribution is 6.06. The fraction of sp³-hybridized carbons (Fsp3) is 0.727. The normalized spacial score (nSPS) is 25.7. The second-order valence-electron chi connectivity index (χ2n) is 4.33. The van der Waals surface area contributed by atoms with Gasteiger partial charge in [0.25, 0.3) is 0 Å². The summed E-state index contributed by atoms with van der Waals surface area (Å²) >= 11 is 0. The number of hydrogen-bond acceptors (Lipinski definition) is 8. The molecular formula is C11H17NO7. The number of carbonyl (C=O) groups is 3. The summed E-state index contributed by atoms with van der Waals surface area (Å²) in [5.74, 6) is -2.43. The zero-order valence-electron chi connectivity index (χ0n) is 11.5. The third kappa shape index (κ3) is 2.17. The molecule has 108 valence electrons. The van der Waals surface area contributed by atoms with Gasteiger partial charge in [0.2, 0.25) is 5.54 Å². The molecule has 1 aliphatic rings. The van der Waals surface area contributed by atoms with Crippen molar-refractivity contribution in [1.29, 1.82) is 0 Å². The summed E-state index contributed by atoms with van der Waals surface area (Å²) in [6.45, 7) is 1.42. The van der Waals surface area contributed by atoms with Crippen LogP contribution < -0.4 is 0 Å². The van der Waals surface area contributed by atoms with Gasteiger partial charge in [0.15, 0.2) is 5.60 Å². The van der Waals surface area contributed by atoms with Crippen LogP contribution in [0.5, 0.6) is 0 Å². The molecule has 0 amide bonds. The van der Waals surface area contributed by atoms with Gasteiger partial charge in [-0.05, 0) is 6.92 Å². The smallest absolute Gasteiger partial charge is 0.340 e. The molecule has 1 rings (SSSR count). The molecule has 1 atom stereocenters. The first kappa shape index (κ1) is 15.4. The lowest BCUT2D eigenvalue weighted by Gasteiger charge is -2.27. The fourth-order valence-electron chi connectivity index (χ4n) is 2.16. The molecule has 0 aliphatic carbocycles. The first-order valence-corrected chi connectivity index (χ1v) is 5.46. The molecule has 0 aromatic carbocycles. The number of likely N-dealkylation sites (N-methyl/N-ethyl adjacent to an activating group) is 1. The van der Waals surface area contributed by atoms with Gasteiger partial charge in [-0.2, -0.15) is 5.06 Å². The fourth-order valence-corrected chi connectivity index (χ4v) is 2.16. The standard InChI is InChI=1S/C11H17NO7/c1-10(7(13)16-3)6-11(8(14)17-4,9(15)18-5)12(2)19-10/h6H2,1-5H3. The highest BCUT2D eigenvalue weighted by Crippen LogP contribution is 2.40. The molecule has 1 saturated heterocycles. The van der Waals surface area contributed by atoms with E-state index < -0.39 is 29.0 Å². The van der Waals surface area contributed by atoms with E-state index in [-0.39, 0.29) is 6.42 Å². The van der Waals surface area contributed by atoms with Crippen molar-refractivity contribution in [3.63, 3.8) is 0 Å². The highest BCUT2D eigenvalue weighted by atomic mass is 16.7. The summed E-state index contributed by atoms with van der Waals surface area (Å²) in [7, 11) is 4.80. The quantitative estimate of drug-likeness (QED) is 0.378. The van der Waals surface area contributed by atoms with Crippen LogP contribution in [-0.2, 0) is 33.4 Å². The second-order valence-corrected chi connectivity index (χ2v) is 4.33. The molecule has 8 nitrogen and oxygen atoms in total. The highest BCUT2D eigenvalue weighted by Gasteiger charge is 2.65. The average Bonchev–Trinajstić information content (AvgIpc) is 2.69. The molecule has 0 spiro atoms. The Labute approximate surface area is 110 Å². The van der Waals surface area contributed by atoms with Crippen LogP contribution in [0.15, 0.2) is 0 Å². The van der Waals surface area contributed by atoms with Crippen LogP contribution in [0.3, 0.4) is 0 Å². The maximum absolute atomic E-state index is 11.9. The molecule has 1 unspecified atom stereocenters. The molecule has 0 saturated carbocycles. The SMILES string of the molecule is COC(=O)C1(C)CC(C(=O)OC)(C(=O)OC)N(C)O1. The zero-order valence-corrected chi connectivity index (χ0v) is 11.5. The van der Waals surface area contributed by atoms with E-state index >= 15 is 0 Å². The Bertz CT molecular complexity index is 392. The van der Waals surface area contributed by atoms with E-state index in [0.717, 1.165) is 19.3 Å². The van der Waals surface area contributed by atoms with Crippen LogP contribution in [-0.4, -0.2) is 62.5 Å². The van der Waals surface area contributed by atoms with Crippen molar-refractivity contribution in [1.82, 2.24) is 5.06 Å². The van der Waals surface area contributed by atoms with Gasteiger partial charge in [0.05, 0.1) is 21.3 Å². The van der Waals surface area contributed by atoms with E-state index in [2.05, 4.69) is 14.2 Å². The van der Waals surface area contributed by atoms with E-state index in [9.17, 15) is 14.4 Å². The lowest BCUT2D eigenvalue weighted by molar-refractivity contribution is -0.223. The van der Waals surface area contributed by atoms with Crippen molar-refractivity contribution in [2.75, 3.05) is 28.4 Å². The lowest BCUT2D eigenvalue weighted by atomic mass is 9.86. The topological polar surface area (TPSA) is 91.4 Å². The van der Waals surface area contributed by atoms with Crippen molar-refractivity contribution >= 4 is 17.9 Å². The average molecular weight is 275 g/mol. The zero-order chi connectivity index (χ0) is 14.8. The minimum absolute atomic E-state index is 0.261. The minimum atomic E-state index is -1.83. The number of carbonyl (C=O) groups excluding carboxylic acids is 3. The Morgan fingerprint density at radius 3 is 1.79 bits per heavy atom. The van der Waals surface area contributed by atoms with Crippen LogP contribution in [0, 0.1) is 0 Å². The Hall–Kier alpha value is -1.67. The number of esters is 3. The number of nitrogens with zero attached hydrogens (tertiary/aromatic N) is 1. The van der Waals surface area contributed by atoms with Gasteiger partial charge in [-0.3, -0.25) is 4.84 Å². The van der Waals surface area contributed by atoms with Crippen molar-refractivity contribution in [3.05, 3.63) is 0 Å². The molecule has 1 fully saturated rings. The molecular weight excluding hydrogens is 258 g/mol. The summed E-state index contributed by atoms with van der Waals surface area (Å²) < 4.78 is 13.9. The molecule has 1 aliphatic heterocycles. The summed E-state index contributed by atoms with van der Waals surface area (Å²) in [5, 5.41) is 0.974. The molecule has 8 heteroatoms. The van der Waals surface area contributed by atoms with Crippen molar-refractivity contribution < 1.29 is 33.4 Å². The number of rotatable bonds is 3. The van der Waals surface area contributed by atoms with Crippen LogP contribution in [0.25, 0.3) is 0 Å². The third-order valence-electron chi connectivity index (χ3n) is 3.13. The van der Waals surface area contributed by atoms with Gasteiger partial charge in [-0.15, -0.1) is 0 Å². The predicted octanol–water partition coefficient (Wildman–Crippen LogP) is -0.730. The summed E-state index contributed by atoms with van der Waals surface area (Å²) in [5.41, 5.74) is -3.29. The van der Waals surface area contributed by atoms with E-state index in [1.165, 1.54) is 21.1 Å². The predicted molar refractivity (Wildman–Crippen MR) is 60.6 cm³/mol. The van der Waals surface area contributed by atoms with Gasteiger partial charge in [0, 0.05) is 13.5 Å². The molecule has 0 N–H and O–H groups in total. The second kappa shape index (κ2) is 5.14. The summed E-state index contributed by atoms with van der Waals surface area (Å²) in [6.07, 6.45) is -0.261. The molecule has 0 aromatic heterocycles. The number of hydroxylamine groups is 2. The number of methoxy groups -OCH3 is 3. The van der Waals surface area contributed by atoms with Crippen molar-refractivity contribution in [3.8, 4) is 0 Å². The van der Waals surface area contributed by atoms with Gasteiger partial charge in [-0.1, -0.05) is 0 Å². The maximum atomic E-state index is 11.9. The molecule has 0 radical (unpaired) electrons. The largest absolute Gasteiger partial charge is 0.467 e. The monoisotopic (exact) mass is 275 g/mol. The summed E-state index contributed by atoms with van der Waals surface area (Å²) in [6, 6.07) is 0. The third-order valence-corrected chi connectivity index (χ3v) is 3.13. The number of hydrogen-bond donors (Lipinski definition) is 0. The van der Waals surface area contributed by atoms with Gasteiger partial charge in [0.1, 0.15) is 0 Å². The Morgan fingerprint density at radius 1 is 1.00 bits per heavy atom. The van der Waals surface area contributed by atoms with Crippen LogP contribution in [0.4, 0.5) is 0 Å². The summed E-state index contributed by atoms with van der Waals surface area (Å²) in [4.78, 5) is 40.9. The van der Waals surface area contributed by atoms with E-state index in [1.54, 1.807) is 0 Å². The van der Waals surface area contributed by atoms with Gasteiger partial charge >= 0.3 is 17.9 Å². The van der Waals surface area contributed by atoms with Gasteiger partial charge < -0.3 is 14.2 Å². The molecule has 0 aromatic rings. The van der Waals surface area contributed by atoms with Crippen molar-refractivity contribution in [2.24, 2.45) is 0 Å². The van der Waals surface area contributed by atoms with Crippen LogP contribution in [0.1, 0.15) is 13.3 Å². The molecule has 0 bridgehead atoms.